The molecule has 0 N–H and O–H groups in total. The number of amides is 1. The first-order chi connectivity index (χ1) is 15.7. The number of halogens is 1. The lowest BCUT2D eigenvalue weighted by molar-refractivity contribution is 0.0959. The number of para-hydroxylation sites is 1. The van der Waals surface area contributed by atoms with Crippen LogP contribution in [-0.4, -0.2) is 29.5 Å². The Bertz CT molecular complexity index is 1290. The van der Waals surface area contributed by atoms with E-state index in [1.54, 1.807) is 36.5 Å². The predicted molar refractivity (Wildman–Crippen MR) is 126 cm³/mol. The fraction of sp³-hybridized carbons (Fsp3) is 0.208. The highest BCUT2D eigenvalue weighted by Gasteiger charge is 2.32. The van der Waals surface area contributed by atoms with Crippen LogP contribution in [0.3, 0.4) is 0 Å². The largest absolute Gasteiger partial charge is 0.495 e. The average Bonchev–Trinajstić information content (AvgIpc) is 3.21. The summed E-state index contributed by atoms with van der Waals surface area (Å²) >= 11 is 7.93. The van der Waals surface area contributed by atoms with E-state index in [1.165, 1.54) is 11.8 Å². The number of hydrogen-bond acceptors (Lipinski definition) is 6. The summed E-state index contributed by atoms with van der Waals surface area (Å²) in [5.74, 6) is 1.26. The van der Waals surface area contributed by atoms with Gasteiger partial charge >= 0.3 is 0 Å². The van der Waals surface area contributed by atoms with Gasteiger partial charge in [-0.15, -0.1) is 0 Å². The van der Waals surface area contributed by atoms with Gasteiger partial charge in [0, 0.05) is 40.7 Å². The number of carbonyl (C=O) groups excluding carboxylic acids is 1. The number of carbonyl (C=O) groups is 1. The number of hydrogen-bond donors (Lipinski definition) is 0. The fourth-order valence-corrected chi connectivity index (χ4v) is 5.13. The van der Waals surface area contributed by atoms with Crippen LogP contribution in [0.2, 0.25) is 5.02 Å². The molecule has 0 fully saturated rings. The van der Waals surface area contributed by atoms with Crippen molar-refractivity contribution in [2.24, 2.45) is 0 Å². The Morgan fingerprint density at radius 1 is 1.19 bits per heavy atom. The molecule has 1 aliphatic rings. The number of methoxy groups -OCH3 is 1. The normalized spacial score (nSPS) is 13.2. The van der Waals surface area contributed by atoms with E-state index in [0.717, 1.165) is 35.0 Å². The smallest absolute Gasteiger partial charge is 0.294 e. The Labute approximate surface area is 194 Å². The number of aromatic nitrogens is 2. The molecule has 162 valence electrons. The summed E-state index contributed by atoms with van der Waals surface area (Å²) < 4.78 is 11.7. The van der Waals surface area contributed by atoms with E-state index in [2.05, 4.69) is 9.97 Å². The van der Waals surface area contributed by atoms with Gasteiger partial charge in [-0.05, 0) is 42.7 Å². The Morgan fingerprint density at radius 3 is 2.81 bits per heavy atom. The second-order valence-corrected chi connectivity index (χ2v) is 8.71. The minimum atomic E-state index is -0.202. The SMILES string of the molecule is COc1ccc(Cl)c2c1N(C(=O)c1oc3ccccc3c1CSc1ncccn1)CCC2. The standard InChI is InChI=1S/C24H20ClN3O3S/c1-30-20-10-9-18(25)16-7-4-13-28(21(16)20)23(29)22-17(14-32-24-26-11-5-12-27-24)15-6-2-3-8-19(15)31-22/h2-3,5-6,8-12H,4,7,13-14H2,1H3. The lowest BCUT2D eigenvalue weighted by Crippen LogP contribution is -2.36. The monoisotopic (exact) mass is 465 g/mol. The van der Waals surface area contributed by atoms with Crippen LogP contribution in [0.5, 0.6) is 5.75 Å². The third kappa shape index (κ3) is 3.72. The van der Waals surface area contributed by atoms with E-state index >= 15 is 0 Å². The minimum absolute atomic E-state index is 0.202. The van der Waals surface area contributed by atoms with Gasteiger partial charge in [0.1, 0.15) is 11.3 Å². The van der Waals surface area contributed by atoms with Gasteiger partial charge in [0.2, 0.25) is 0 Å². The first kappa shape index (κ1) is 20.8. The van der Waals surface area contributed by atoms with Gasteiger partial charge in [-0.1, -0.05) is 41.6 Å². The molecule has 0 unspecified atom stereocenters. The zero-order chi connectivity index (χ0) is 22.1. The van der Waals surface area contributed by atoms with E-state index in [9.17, 15) is 4.79 Å². The van der Waals surface area contributed by atoms with Crippen LogP contribution in [-0.2, 0) is 12.2 Å². The van der Waals surface area contributed by atoms with Crippen LogP contribution in [0.4, 0.5) is 5.69 Å². The summed E-state index contributed by atoms with van der Waals surface area (Å²) in [6.45, 7) is 0.563. The van der Waals surface area contributed by atoms with Crippen molar-refractivity contribution in [3.63, 3.8) is 0 Å². The highest BCUT2D eigenvalue weighted by molar-refractivity contribution is 7.98. The van der Waals surface area contributed by atoms with Gasteiger partial charge in [-0.25, -0.2) is 9.97 Å². The molecule has 3 heterocycles. The van der Waals surface area contributed by atoms with Gasteiger partial charge in [-0.3, -0.25) is 4.79 Å². The maximum atomic E-state index is 13.8. The minimum Gasteiger partial charge on any atom is -0.495 e. The Balaban J connectivity index is 1.57. The summed E-state index contributed by atoms with van der Waals surface area (Å²) in [5.41, 5.74) is 3.16. The lowest BCUT2D eigenvalue weighted by atomic mass is 10.00. The maximum Gasteiger partial charge on any atom is 0.294 e. The molecule has 0 saturated heterocycles. The van der Waals surface area contributed by atoms with Crippen molar-refractivity contribution in [3.8, 4) is 5.75 Å². The second kappa shape index (κ2) is 8.84. The number of anilines is 1. The number of rotatable bonds is 5. The third-order valence-electron chi connectivity index (χ3n) is 5.51. The molecule has 0 saturated carbocycles. The molecular formula is C24H20ClN3O3S. The maximum absolute atomic E-state index is 13.8. The summed E-state index contributed by atoms with van der Waals surface area (Å²) in [6.07, 6.45) is 5.02. The van der Waals surface area contributed by atoms with Crippen LogP contribution < -0.4 is 9.64 Å². The number of thioether (sulfide) groups is 1. The Kier molecular flexibility index (Phi) is 5.76. The molecular weight excluding hydrogens is 446 g/mol. The molecule has 2 aromatic heterocycles. The van der Waals surface area contributed by atoms with Crippen molar-refractivity contribution in [1.29, 1.82) is 0 Å². The van der Waals surface area contributed by atoms with Crippen molar-refractivity contribution in [1.82, 2.24) is 9.97 Å². The van der Waals surface area contributed by atoms with Crippen LogP contribution >= 0.6 is 23.4 Å². The zero-order valence-corrected chi connectivity index (χ0v) is 18.9. The third-order valence-corrected chi connectivity index (χ3v) is 6.77. The molecule has 32 heavy (non-hydrogen) atoms. The summed E-state index contributed by atoms with van der Waals surface area (Å²) in [5, 5.41) is 2.20. The number of ether oxygens (including phenoxy) is 1. The molecule has 0 radical (unpaired) electrons. The van der Waals surface area contributed by atoms with Crippen LogP contribution in [0.25, 0.3) is 11.0 Å². The van der Waals surface area contributed by atoms with Crippen LogP contribution in [0, 0.1) is 0 Å². The number of furan rings is 1. The van der Waals surface area contributed by atoms with E-state index in [0.29, 0.717) is 39.6 Å². The summed E-state index contributed by atoms with van der Waals surface area (Å²) in [7, 11) is 1.60. The van der Waals surface area contributed by atoms with Gasteiger partial charge in [-0.2, -0.15) is 0 Å². The fourth-order valence-electron chi connectivity index (χ4n) is 4.05. The Hall–Kier alpha value is -3.03. The van der Waals surface area contributed by atoms with E-state index in [1.807, 2.05) is 30.3 Å². The van der Waals surface area contributed by atoms with Gasteiger partial charge in [0.25, 0.3) is 5.91 Å². The topological polar surface area (TPSA) is 68.5 Å². The first-order valence-corrected chi connectivity index (χ1v) is 11.6. The lowest BCUT2D eigenvalue weighted by Gasteiger charge is -2.31. The van der Waals surface area contributed by atoms with Crippen molar-refractivity contribution in [2.45, 2.75) is 23.8 Å². The van der Waals surface area contributed by atoms with E-state index in [4.69, 9.17) is 20.8 Å². The van der Waals surface area contributed by atoms with Gasteiger partial charge in [0.15, 0.2) is 10.9 Å². The van der Waals surface area contributed by atoms with Gasteiger partial charge in [0.05, 0.1) is 12.8 Å². The molecule has 0 bridgehead atoms. The van der Waals surface area contributed by atoms with Crippen LogP contribution in [0.15, 0.2) is 64.4 Å². The van der Waals surface area contributed by atoms with Crippen molar-refractivity contribution in [3.05, 3.63) is 76.8 Å². The molecule has 6 nitrogen and oxygen atoms in total. The first-order valence-electron chi connectivity index (χ1n) is 10.2. The molecule has 4 aromatic rings. The molecule has 1 aliphatic heterocycles. The average molecular weight is 466 g/mol. The van der Waals surface area contributed by atoms with Crippen molar-refractivity contribution < 1.29 is 13.9 Å². The molecule has 8 heteroatoms. The highest BCUT2D eigenvalue weighted by Crippen LogP contribution is 2.42. The van der Waals surface area contributed by atoms with Crippen molar-refractivity contribution in [2.75, 3.05) is 18.6 Å². The summed E-state index contributed by atoms with van der Waals surface area (Å²) in [6, 6.07) is 13.1. The number of nitrogens with zero attached hydrogens (tertiary/aromatic N) is 3. The van der Waals surface area contributed by atoms with E-state index < -0.39 is 0 Å². The van der Waals surface area contributed by atoms with Crippen LogP contribution in [0.1, 0.15) is 28.1 Å². The number of fused-ring (bicyclic) bond motifs is 2. The molecule has 1 amide bonds. The molecule has 5 rings (SSSR count). The quantitative estimate of drug-likeness (QED) is 0.275. The second-order valence-electron chi connectivity index (χ2n) is 7.36. The number of benzene rings is 2. The molecule has 0 spiro atoms. The Morgan fingerprint density at radius 2 is 2.00 bits per heavy atom. The predicted octanol–water partition coefficient (Wildman–Crippen LogP) is 5.77. The summed E-state index contributed by atoms with van der Waals surface area (Å²) in [4.78, 5) is 24.1. The molecule has 0 atom stereocenters. The molecule has 0 aliphatic carbocycles. The zero-order valence-electron chi connectivity index (χ0n) is 17.4. The highest BCUT2D eigenvalue weighted by atomic mass is 35.5. The molecule has 2 aromatic carbocycles. The van der Waals surface area contributed by atoms with Crippen molar-refractivity contribution >= 4 is 45.9 Å². The van der Waals surface area contributed by atoms with E-state index in [-0.39, 0.29) is 5.91 Å². The van der Waals surface area contributed by atoms with Gasteiger partial charge < -0.3 is 14.1 Å².